The molecule has 0 aromatic heterocycles. The summed E-state index contributed by atoms with van der Waals surface area (Å²) in [6.45, 7) is 0. The molecule has 0 bridgehead atoms. The molecule has 0 spiro atoms. The van der Waals surface area contributed by atoms with Crippen molar-refractivity contribution in [1.82, 2.24) is 0 Å². The van der Waals surface area contributed by atoms with Crippen molar-refractivity contribution in [3.8, 4) is 11.1 Å². The fourth-order valence-electron chi connectivity index (χ4n) is 2.36. The Kier molecular flexibility index (Phi) is 4.22. The zero-order valence-electron chi connectivity index (χ0n) is 11.1. The van der Waals surface area contributed by atoms with Gasteiger partial charge in [0.1, 0.15) is 6.29 Å². The van der Waals surface area contributed by atoms with Gasteiger partial charge in [-0.2, -0.15) is 0 Å². The van der Waals surface area contributed by atoms with Crippen LogP contribution in [0.2, 0.25) is 0 Å². The first-order valence-corrected chi connectivity index (χ1v) is 8.27. The molecular formula is C18H12Br2O. The first-order valence-electron chi connectivity index (χ1n) is 6.56. The highest BCUT2D eigenvalue weighted by molar-refractivity contribution is 9.10. The van der Waals surface area contributed by atoms with E-state index in [4.69, 9.17) is 0 Å². The van der Waals surface area contributed by atoms with Crippen molar-refractivity contribution in [3.05, 3.63) is 70.7 Å². The van der Waals surface area contributed by atoms with Crippen molar-refractivity contribution in [1.29, 1.82) is 0 Å². The van der Waals surface area contributed by atoms with E-state index in [-0.39, 0.29) is 4.83 Å². The summed E-state index contributed by atoms with van der Waals surface area (Å²) in [5.74, 6) is 0. The Hall–Kier alpha value is -1.45. The molecule has 1 atom stereocenters. The van der Waals surface area contributed by atoms with Crippen molar-refractivity contribution < 1.29 is 4.79 Å². The molecule has 3 aromatic carbocycles. The molecule has 3 rings (SSSR count). The van der Waals surface area contributed by atoms with Crippen molar-refractivity contribution in [2.75, 3.05) is 0 Å². The maximum absolute atomic E-state index is 10.9. The molecule has 104 valence electrons. The number of rotatable bonds is 3. The van der Waals surface area contributed by atoms with E-state index < -0.39 is 0 Å². The number of carbonyl (C=O) groups is 1. The van der Waals surface area contributed by atoms with E-state index in [1.165, 1.54) is 16.5 Å². The van der Waals surface area contributed by atoms with Crippen LogP contribution in [0, 0.1) is 0 Å². The number of hydrogen-bond acceptors (Lipinski definition) is 1. The Morgan fingerprint density at radius 2 is 1.57 bits per heavy atom. The van der Waals surface area contributed by atoms with Crippen LogP contribution >= 0.6 is 31.9 Å². The fraction of sp³-hybridized carbons (Fsp3) is 0.0556. The SMILES string of the molecule is O=CC(Br)c1ccc2cc(-c3cccc(Br)c3)ccc2c1. The van der Waals surface area contributed by atoms with E-state index in [0.717, 1.165) is 21.7 Å². The molecule has 1 unspecified atom stereocenters. The summed E-state index contributed by atoms with van der Waals surface area (Å²) in [5, 5.41) is 2.30. The summed E-state index contributed by atoms with van der Waals surface area (Å²) in [6, 6.07) is 20.7. The first-order chi connectivity index (χ1) is 10.2. The van der Waals surface area contributed by atoms with Gasteiger partial charge in [-0.3, -0.25) is 0 Å². The molecule has 0 aliphatic carbocycles. The molecule has 0 aliphatic rings. The summed E-state index contributed by atoms with van der Waals surface area (Å²) in [6.07, 6.45) is 0.900. The zero-order valence-corrected chi connectivity index (χ0v) is 14.3. The second-order valence-corrected chi connectivity index (χ2v) is 6.77. The van der Waals surface area contributed by atoms with E-state index in [0.29, 0.717) is 0 Å². The van der Waals surface area contributed by atoms with Crippen LogP contribution in [0.1, 0.15) is 10.4 Å². The highest BCUT2D eigenvalue weighted by Gasteiger charge is 2.07. The average Bonchev–Trinajstić information content (AvgIpc) is 2.53. The molecule has 0 saturated heterocycles. The number of halogens is 2. The normalized spacial score (nSPS) is 12.3. The monoisotopic (exact) mass is 402 g/mol. The first kappa shape index (κ1) is 14.5. The summed E-state index contributed by atoms with van der Waals surface area (Å²) in [4.78, 5) is 10.6. The average molecular weight is 404 g/mol. The Labute approximate surface area is 140 Å². The van der Waals surface area contributed by atoms with Gasteiger partial charge in [0.25, 0.3) is 0 Å². The Balaban J connectivity index is 2.07. The van der Waals surface area contributed by atoms with Gasteiger partial charge in [0.2, 0.25) is 0 Å². The van der Waals surface area contributed by atoms with Crippen LogP contribution in [0.5, 0.6) is 0 Å². The molecule has 0 aliphatic heterocycles. The van der Waals surface area contributed by atoms with Gasteiger partial charge in [0.15, 0.2) is 0 Å². The lowest BCUT2D eigenvalue weighted by Crippen LogP contribution is -1.90. The smallest absolute Gasteiger partial charge is 0.138 e. The predicted octanol–water partition coefficient (Wildman–Crippen LogP) is 5.90. The molecule has 3 heteroatoms. The summed E-state index contributed by atoms with van der Waals surface area (Å²) < 4.78 is 1.07. The van der Waals surface area contributed by atoms with Crippen LogP contribution in [0.15, 0.2) is 65.1 Å². The number of carbonyl (C=O) groups excluding carboxylic acids is 1. The van der Waals surface area contributed by atoms with E-state index in [1.54, 1.807) is 0 Å². The molecule has 0 amide bonds. The van der Waals surface area contributed by atoms with Gasteiger partial charge < -0.3 is 4.79 Å². The molecule has 1 nitrogen and oxygen atoms in total. The van der Waals surface area contributed by atoms with E-state index in [9.17, 15) is 4.79 Å². The van der Waals surface area contributed by atoms with Crippen LogP contribution in [0.3, 0.4) is 0 Å². The quantitative estimate of drug-likeness (QED) is 0.392. The maximum Gasteiger partial charge on any atom is 0.138 e. The van der Waals surface area contributed by atoms with Crippen LogP contribution in [0.4, 0.5) is 0 Å². The van der Waals surface area contributed by atoms with Gasteiger partial charge in [-0.25, -0.2) is 0 Å². The number of alkyl halides is 1. The molecule has 0 N–H and O–H groups in total. The minimum atomic E-state index is -0.244. The number of aldehydes is 1. The third-order valence-corrected chi connectivity index (χ3v) is 4.70. The highest BCUT2D eigenvalue weighted by atomic mass is 79.9. The predicted molar refractivity (Wildman–Crippen MR) is 94.8 cm³/mol. The number of hydrogen-bond donors (Lipinski definition) is 0. The van der Waals surface area contributed by atoms with Crippen molar-refractivity contribution >= 4 is 48.9 Å². The Morgan fingerprint density at radius 3 is 2.33 bits per heavy atom. The van der Waals surface area contributed by atoms with Crippen molar-refractivity contribution in [2.24, 2.45) is 0 Å². The molecule has 0 radical (unpaired) electrons. The van der Waals surface area contributed by atoms with Gasteiger partial charge in [-0.15, -0.1) is 0 Å². The van der Waals surface area contributed by atoms with Gasteiger partial charge in [-0.05, 0) is 51.7 Å². The summed E-state index contributed by atoms with van der Waals surface area (Å²) in [7, 11) is 0. The lowest BCUT2D eigenvalue weighted by Gasteiger charge is -2.08. The van der Waals surface area contributed by atoms with Gasteiger partial charge in [0, 0.05) is 4.47 Å². The van der Waals surface area contributed by atoms with Crippen LogP contribution in [-0.2, 0) is 4.79 Å². The second-order valence-electron chi connectivity index (χ2n) is 4.87. The maximum atomic E-state index is 10.9. The topological polar surface area (TPSA) is 17.1 Å². The van der Waals surface area contributed by atoms with Crippen LogP contribution in [-0.4, -0.2) is 6.29 Å². The van der Waals surface area contributed by atoms with E-state index in [1.807, 2.05) is 24.3 Å². The van der Waals surface area contributed by atoms with Gasteiger partial charge >= 0.3 is 0 Å². The Morgan fingerprint density at radius 1 is 0.857 bits per heavy atom. The van der Waals surface area contributed by atoms with E-state index >= 15 is 0 Å². The standard InChI is InChI=1S/C18H12Br2O/c19-17-3-1-2-12(10-17)13-4-5-15-9-16(18(20)11-21)7-6-14(15)8-13/h1-11,18H. The molecule has 0 heterocycles. The van der Waals surface area contributed by atoms with Crippen LogP contribution in [0.25, 0.3) is 21.9 Å². The lowest BCUT2D eigenvalue weighted by atomic mass is 9.99. The van der Waals surface area contributed by atoms with Crippen molar-refractivity contribution in [2.45, 2.75) is 4.83 Å². The lowest BCUT2D eigenvalue weighted by molar-refractivity contribution is -0.107. The summed E-state index contributed by atoms with van der Waals surface area (Å²) in [5.41, 5.74) is 3.34. The van der Waals surface area contributed by atoms with Crippen molar-refractivity contribution in [3.63, 3.8) is 0 Å². The number of fused-ring (bicyclic) bond motifs is 1. The fourth-order valence-corrected chi connectivity index (χ4v) is 3.05. The van der Waals surface area contributed by atoms with Crippen LogP contribution < -0.4 is 0 Å². The van der Waals surface area contributed by atoms with E-state index in [2.05, 4.69) is 68.3 Å². The second kappa shape index (κ2) is 6.12. The third-order valence-electron chi connectivity index (χ3n) is 3.46. The highest BCUT2D eigenvalue weighted by Crippen LogP contribution is 2.29. The minimum Gasteiger partial charge on any atom is -0.302 e. The number of benzene rings is 3. The summed E-state index contributed by atoms with van der Waals surface area (Å²) >= 11 is 6.86. The minimum absolute atomic E-state index is 0.244. The Bertz CT molecular complexity index is 811. The largest absolute Gasteiger partial charge is 0.302 e. The third kappa shape index (κ3) is 3.09. The van der Waals surface area contributed by atoms with Gasteiger partial charge in [-0.1, -0.05) is 68.3 Å². The van der Waals surface area contributed by atoms with Gasteiger partial charge in [0.05, 0.1) is 4.83 Å². The molecule has 21 heavy (non-hydrogen) atoms. The molecule has 0 saturated carbocycles. The zero-order chi connectivity index (χ0) is 14.8. The molecular weight excluding hydrogens is 392 g/mol. The molecule has 0 fully saturated rings. The molecule has 3 aromatic rings.